The molecule has 0 aromatic heterocycles. The molecule has 4 fully saturated rings. The summed E-state index contributed by atoms with van der Waals surface area (Å²) < 4.78 is 37.5. The molecule has 45 heavy (non-hydrogen) atoms. The highest BCUT2D eigenvalue weighted by atomic mass is 16.8. The van der Waals surface area contributed by atoms with E-state index in [1.807, 2.05) is 0 Å². The van der Waals surface area contributed by atoms with Gasteiger partial charge < -0.3 is 105 Å². The Balaban J connectivity index is 1.53. The third-order valence-electron chi connectivity index (χ3n) is 8.21. The molecular formula is C24H42O21. The minimum atomic E-state index is -2.05. The second kappa shape index (κ2) is 15.6. The molecule has 0 aromatic carbocycles. The second-order valence-electron chi connectivity index (χ2n) is 11.1. The van der Waals surface area contributed by atoms with Crippen molar-refractivity contribution in [3.8, 4) is 0 Å². The lowest BCUT2D eigenvalue weighted by Gasteiger charge is -2.49. The first-order valence-corrected chi connectivity index (χ1v) is 14.1. The molecule has 4 aliphatic rings. The van der Waals surface area contributed by atoms with Gasteiger partial charge in [0.2, 0.25) is 0 Å². The summed E-state index contributed by atoms with van der Waals surface area (Å²) in [6.07, 6.45) is -36.1. The summed E-state index contributed by atoms with van der Waals surface area (Å²) in [5.74, 6) is 0. The first kappa shape index (κ1) is 37.0. The Hall–Kier alpha value is -0.840. The maximum Gasteiger partial charge on any atom is 0.187 e. The number of aliphatic hydroxyl groups is 14. The van der Waals surface area contributed by atoms with Crippen LogP contribution in [0.1, 0.15) is 0 Å². The third kappa shape index (κ3) is 7.44. The van der Waals surface area contributed by atoms with Gasteiger partial charge in [0.15, 0.2) is 25.2 Å². The topological polar surface area (TPSA) is 348 Å². The van der Waals surface area contributed by atoms with Gasteiger partial charge in [0.25, 0.3) is 0 Å². The van der Waals surface area contributed by atoms with E-state index in [1.165, 1.54) is 0 Å². The van der Waals surface area contributed by atoms with Crippen molar-refractivity contribution >= 4 is 0 Å². The van der Waals surface area contributed by atoms with Crippen molar-refractivity contribution < 1.29 is 105 Å². The second-order valence-corrected chi connectivity index (χ2v) is 11.1. The van der Waals surface area contributed by atoms with Crippen LogP contribution in [0, 0.1) is 0 Å². The van der Waals surface area contributed by atoms with E-state index < -0.39 is 149 Å². The van der Waals surface area contributed by atoms with Gasteiger partial charge in [-0.25, -0.2) is 0 Å². The Morgan fingerprint density at radius 2 is 0.644 bits per heavy atom. The third-order valence-corrected chi connectivity index (χ3v) is 8.21. The standard InChI is InChI=1S/C24H42O21/c25-1-5-9(29)13(33)14(34)22(40-5)44-19-11(31)7(3-27)42-24(16(19)36)45-20-12(32)8(4-28)41-23(17(20)37)43-18-10(30)6(2-26)39-21(38)15(18)35/h5-38H,1-4H2/t5-,6-,7-,8-,9+,10+,11+,12+,13+,14-,15-,16-,17-,18+,19+,20+,21?,22+,23+,24+/m1/s1. The van der Waals surface area contributed by atoms with Gasteiger partial charge in [0.05, 0.1) is 26.4 Å². The lowest BCUT2D eigenvalue weighted by molar-refractivity contribution is -0.389. The van der Waals surface area contributed by atoms with Gasteiger partial charge in [0, 0.05) is 0 Å². The Morgan fingerprint density at radius 3 is 1.02 bits per heavy atom. The van der Waals surface area contributed by atoms with Crippen molar-refractivity contribution in [2.45, 2.75) is 123 Å². The largest absolute Gasteiger partial charge is 0.394 e. The van der Waals surface area contributed by atoms with Crippen LogP contribution in [-0.4, -0.2) is 221 Å². The van der Waals surface area contributed by atoms with Gasteiger partial charge in [-0.1, -0.05) is 0 Å². The lowest BCUT2D eigenvalue weighted by atomic mass is 9.95. The molecule has 0 amide bonds. The molecule has 0 aromatic rings. The van der Waals surface area contributed by atoms with Crippen LogP contribution >= 0.6 is 0 Å². The molecule has 1 unspecified atom stereocenters. The molecule has 4 heterocycles. The van der Waals surface area contributed by atoms with Gasteiger partial charge in [-0.05, 0) is 0 Å². The molecule has 4 saturated heterocycles. The quantitative estimate of drug-likeness (QED) is 0.103. The van der Waals surface area contributed by atoms with Crippen LogP contribution in [0.3, 0.4) is 0 Å². The number of aliphatic hydroxyl groups excluding tert-OH is 14. The molecule has 20 atom stereocenters. The molecule has 14 N–H and O–H groups in total. The van der Waals surface area contributed by atoms with Crippen molar-refractivity contribution in [2.75, 3.05) is 26.4 Å². The van der Waals surface area contributed by atoms with Crippen LogP contribution in [0.25, 0.3) is 0 Å². The molecule has 264 valence electrons. The van der Waals surface area contributed by atoms with Crippen LogP contribution in [0.5, 0.6) is 0 Å². The number of ether oxygens (including phenoxy) is 7. The molecule has 0 spiro atoms. The monoisotopic (exact) mass is 666 g/mol. The minimum Gasteiger partial charge on any atom is -0.394 e. The molecule has 21 heteroatoms. The molecule has 21 nitrogen and oxygen atoms in total. The Labute approximate surface area is 254 Å². The van der Waals surface area contributed by atoms with E-state index in [1.54, 1.807) is 0 Å². The fourth-order valence-corrected chi connectivity index (χ4v) is 5.53. The Kier molecular flexibility index (Phi) is 12.8. The fraction of sp³-hybridized carbons (Fsp3) is 1.00. The first-order chi connectivity index (χ1) is 21.3. The average molecular weight is 667 g/mol. The fourth-order valence-electron chi connectivity index (χ4n) is 5.53. The first-order valence-electron chi connectivity index (χ1n) is 14.1. The van der Waals surface area contributed by atoms with E-state index in [-0.39, 0.29) is 0 Å². The molecule has 0 bridgehead atoms. The summed E-state index contributed by atoms with van der Waals surface area (Å²) in [5.41, 5.74) is 0. The van der Waals surface area contributed by atoms with Gasteiger partial charge in [0.1, 0.15) is 97.7 Å². The molecule has 0 radical (unpaired) electrons. The van der Waals surface area contributed by atoms with Gasteiger partial charge in [-0.3, -0.25) is 0 Å². The van der Waals surface area contributed by atoms with Crippen LogP contribution < -0.4 is 0 Å². The van der Waals surface area contributed by atoms with E-state index in [4.69, 9.17) is 33.2 Å². The van der Waals surface area contributed by atoms with E-state index in [0.717, 1.165) is 0 Å². The van der Waals surface area contributed by atoms with Gasteiger partial charge >= 0.3 is 0 Å². The Morgan fingerprint density at radius 1 is 0.333 bits per heavy atom. The maximum atomic E-state index is 11.1. The summed E-state index contributed by atoms with van der Waals surface area (Å²) in [7, 11) is 0. The zero-order chi connectivity index (χ0) is 33.3. The summed E-state index contributed by atoms with van der Waals surface area (Å²) in [6, 6.07) is 0. The highest BCUT2D eigenvalue weighted by molar-refractivity contribution is 4.97. The molecule has 0 aliphatic carbocycles. The van der Waals surface area contributed by atoms with E-state index >= 15 is 0 Å². The van der Waals surface area contributed by atoms with Crippen LogP contribution in [0.4, 0.5) is 0 Å². The summed E-state index contributed by atoms with van der Waals surface area (Å²) in [4.78, 5) is 0. The normalized spacial score (nSPS) is 52.9. The number of hydrogen-bond donors (Lipinski definition) is 14. The smallest absolute Gasteiger partial charge is 0.187 e. The van der Waals surface area contributed by atoms with Crippen LogP contribution in [0.2, 0.25) is 0 Å². The highest BCUT2D eigenvalue weighted by Gasteiger charge is 2.55. The molecule has 0 saturated carbocycles. The van der Waals surface area contributed by atoms with Crippen molar-refractivity contribution in [3.05, 3.63) is 0 Å². The summed E-state index contributed by atoms with van der Waals surface area (Å²) in [6.45, 7) is -3.42. The van der Waals surface area contributed by atoms with E-state index in [0.29, 0.717) is 0 Å². The average Bonchev–Trinajstić information content (AvgIpc) is 3.02. The molecule has 4 aliphatic heterocycles. The van der Waals surface area contributed by atoms with Gasteiger partial charge in [-0.15, -0.1) is 0 Å². The zero-order valence-corrected chi connectivity index (χ0v) is 23.5. The maximum absolute atomic E-state index is 11.1. The molecule has 4 rings (SSSR count). The summed E-state index contributed by atoms with van der Waals surface area (Å²) >= 11 is 0. The van der Waals surface area contributed by atoms with Crippen molar-refractivity contribution in [1.82, 2.24) is 0 Å². The van der Waals surface area contributed by atoms with Crippen LogP contribution in [0.15, 0.2) is 0 Å². The number of rotatable bonds is 10. The predicted molar refractivity (Wildman–Crippen MR) is 134 cm³/mol. The zero-order valence-electron chi connectivity index (χ0n) is 23.5. The highest BCUT2D eigenvalue weighted by Crippen LogP contribution is 2.34. The van der Waals surface area contributed by atoms with Crippen LogP contribution in [-0.2, 0) is 33.2 Å². The lowest BCUT2D eigenvalue weighted by Crippen LogP contribution is -2.67. The van der Waals surface area contributed by atoms with E-state index in [2.05, 4.69) is 0 Å². The van der Waals surface area contributed by atoms with Crippen molar-refractivity contribution in [2.24, 2.45) is 0 Å². The van der Waals surface area contributed by atoms with E-state index in [9.17, 15) is 71.5 Å². The SMILES string of the molecule is OC[C@H]1O[C@@H](O[C@H]2[C@@H](O)[C@@H](CO)O[C@@H](O[C@H]3[C@@H](O)[C@@H](CO)O[C@@H](O[C@H]4[C@@H](O)[C@@H](CO)OC(O)[C@@H]4O)[C@@H]3O)[C@@H]2O)[C@H](O)[C@@H](O)[C@H]1O. The predicted octanol–water partition coefficient (Wildman–Crippen LogP) is -9.75. The summed E-state index contributed by atoms with van der Waals surface area (Å²) in [5, 5.41) is 143. The Bertz CT molecular complexity index is 916. The number of hydrogen-bond acceptors (Lipinski definition) is 21. The molecular weight excluding hydrogens is 624 g/mol. The van der Waals surface area contributed by atoms with Crippen molar-refractivity contribution in [1.29, 1.82) is 0 Å². The minimum absolute atomic E-state index is 0.802. The van der Waals surface area contributed by atoms with Gasteiger partial charge in [-0.2, -0.15) is 0 Å². The van der Waals surface area contributed by atoms with Crippen molar-refractivity contribution in [3.63, 3.8) is 0 Å².